The number of fused-ring (bicyclic) bond motifs is 1. The van der Waals surface area contributed by atoms with Gasteiger partial charge in [-0.1, -0.05) is 24.4 Å². The maximum Gasteiger partial charge on any atom is 0.306 e. The van der Waals surface area contributed by atoms with Crippen LogP contribution in [0, 0.1) is 16.0 Å². The van der Waals surface area contributed by atoms with Crippen LogP contribution in [0.3, 0.4) is 0 Å². The van der Waals surface area contributed by atoms with Gasteiger partial charge in [0.05, 0.1) is 4.92 Å². The van der Waals surface area contributed by atoms with Crippen molar-refractivity contribution >= 4 is 39.9 Å². The number of carbonyl (C=O) groups is 1. The Bertz CT molecular complexity index is 825. The molecule has 0 amide bonds. The van der Waals surface area contributed by atoms with Crippen molar-refractivity contribution in [2.24, 2.45) is 5.92 Å². The van der Waals surface area contributed by atoms with E-state index in [9.17, 15) is 14.9 Å². The molecule has 0 unspecified atom stereocenters. The van der Waals surface area contributed by atoms with Crippen LogP contribution in [0.15, 0.2) is 18.2 Å². The number of rotatable bonds is 5. The van der Waals surface area contributed by atoms with Crippen LogP contribution >= 0.6 is 12.2 Å². The van der Waals surface area contributed by atoms with Gasteiger partial charge < -0.3 is 4.74 Å². The molecule has 1 heterocycles. The number of benzene rings is 1. The molecule has 8 nitrogen and oxygen atoms in total. The maximum atomic E-state index is 11.8. The van der Waals surface area contributed by atoms with E-state index in [4.69, 9.17) is 17.0 Å². The van der Waals surface area contributed by atoms with E-state index in [1.54, 1.807) is 0 Å². The predicted molar refractivity (Wildman–Crippen MR) is 96.4 cm³/mol. The number of nitro benzene ring substituents is 1. The highest BCUT2D eigenvalue weighted by atomic mass is 32.1. The van der Waals surface area contributed by atoms with Crippen molar-refractivity contribution in [1.82, 2.24) is 15.0 Å². The van der Waals surface area contributed by atoms with E-state index in [-0.39, 0.29) is 24.0 Å². The van der Waals surface area contributed by atoms with Gasteiger partial charge >= 0.3 is 5.97 Å². The SMILES string of the molecule is C[C@@H](CCC(=O)OC(C)(C)C)C(=S)n1nnc2ccc([N+](=O)[O-])cc21. The van der Waals surface area contributed by atoms with Crippen LogP contribution in [0.25, 0.3) is 11.0 Å². The van der Waals surface area contributed by atoms with E-state index in [1.165, 1.54) is 22.9 Å². The molecule has 9 heteroatoms. The Kier molecular flexibility index (Phi) is 5.46. The molecule has 0 N–H and O–H groups in total. The average molecular weight is 364 g/mol. The molecule has 0 fully saturated rings. The summed E-state index contributed by atoms with van der Waals surface area (Å²) in [4.78, 5) is 22.7. The van der Waals surface area contributed by atoms with E-state index >= 15 is 0 Å². The summed E-state index contributed by atoms with van der Waals surface area (Å²) in [7, 11) is 0. The van der Waals surface area contributed by atoms with Crippen LogP contribution in [-0.4, -0.2) is 36.5 Å². The Morgan fingerprint density at radius 1 is 1.44 bits per heavy atom. The lowest BCUT2D eigenvalue weighted by molar-refractivity contribution is -0.384. The summed E-state index contributed by atoms with van der Waals surface area (Å²) in [5.41, 5.74) is 0.415. The van der Waals surface area contributed by atoms with Crippen molar-refractivity contribution in [3.63, 3.8) is 0 Å². The minimum Gasteiger partial charge on any atom is -0.460 e. The van der Waals surface area contributed by atoms with Gasteiger partial charge in [-0.2, -0.15) is 0 Å². The summed E-state index contributed by atoms with van der Waals surface area (Å²) < 4.78 is 6.69. The molecule has 25 heavy (non-hydrogen) atoms. The predicted octanol–water partition coefficient (Wildman–Crippen LogP) is 3.27. The number of non-ortho nitro benzene ring substituents is 1. The van der Waals surface area contributed by atoms with Gasteiger partial charge in [0, 0.05) is 24.5 Å². The highest BCUT2D eigenvalue weighted by molar-refractivity contribution is 7.80. The third kappa shape index (κ3) is 4.79. The van der Waals surface area contributed by atoms with Crippen molar-refractivity contribution in [2.45, 2.75) is 46.1 Å². The summed E-state index contributed by atoms with van der Waals surface area (Å²) in [6.45, 7) is 7.31. The number of hydrogen-bond donors (Lipinski definition) is 0. The number of thiocarbonyl (C=S) groups is 1. The molecule has 0 saturated heterocycles. The number of carbonyl (C=O) groups excluding carboxylic acids is 1. The fourth-order valence-corrected chi connectivity index (χ4v) is 2.50. The molecule has 1 aromatic carbocycles. The number of aromatic nitrogens is 3. The Morgan fingerprint density at radius 3 is 2.72 bits per heavy atom. The van der Waals surface area contributed by atoms with Gasteiger partial charge in [0.2, 0.25) is 0 Å². The smallest absolute Gasteiger partial charge is 0.306 e. The first kappa shape index (κ1) is 18.9. The molecule has 134 valence electrons. The Balaban J connectivity index is 2.12. The van der Waals surface area contributed by atoms with Crippen molar-refractivity contribution in [1.29, 1.82) is 0 Å². The molecule has 1 atom stereocenters. The number of ether oxygens (including phenoxy) is 1. The van der Waals surface area contributed by atoms with E-state index in [2.05, 4.69) is 10.3 Å². The number of hydrogen-bond acceptors (Lipinski definition) is 7. The fourth-order valence-electron chi connectivity index (χ4n) is 2.24. The highest BCUT2D eigenvalue weighted by Gasteiger charge is 2.21. The zero-order valence-electron chi connectivity index (χ0n) is 14.6. The minimum atomic E-state index is -0.526. The molecular weight excluding hydrogens is 344 g/mol. The van der Waals surface area contributed by atoms with Gasteiger partial charge in [-0.15, -0.1) is 5.10 Å². The largest absolute Gasteiger partial charge is 0.460 e. The monoisotopic (exact) mass is 364 g/mol. The lowest BCUT2D eigenvalue weighted by Gasteiger charge is -2.20. The molecule has 0 aliphatic heterocycles. The summed E-state index contributed by atoms with van der Waals surface area (Å²) in [6, 6.07) is 4.30. The van der Waals surface area contributed by atoms with E-state index in [1.807, 2.05) is 27.7 Å². The van der Waals surface area contributed by atoms with Gasteiger partial charge in [-0.05, 0) is 33.3 Å². The van der Waals surface area contributed by atoms with E-state index in [0.29, 0.717) is 22.4 Å². The molecule has 2 aromatic rings. The van der Waals surface area contributed by atoms with Crippen molar-refractivity contribution in [3.05, 3.63) is 28.3 Å². The van der Waals surface area contributed by atoms with Crippen LogP contribution in [0.2, 0.25) is 0 Å². The summed E-state index contributed by atoms with van der Waals surface area (Å²) in [5.74, 6) is -0.437. The zero-order chi connectivity index (χ0) is 18.8. The number of nitrogens with zero attached hydrogens (tertiary/aromatic N) is 4. The normalized spacial score (nSPS) is 12.8. The van der Waals surface area contributed by atoms with E-state index in [0.717, 1.165) is 0 Å². The lowest BCUT2D eigenvalue weighted by Crippen LogP contribution is -2.25. The first-order valence-electron chi connectivity index (χ1n) is 7.84. The molecule has 0 bridgehead atoms. The molecule has 1 aromatic heterocycles. The minimum absolute atomic E-state index is 0.0553. The second-order valence-corrected chi connectivity index (χ2v) is 7.21. The molecule has 0 aliphatic carbocycles. The average Bonchev–Trinajstić information content (AvgIpc) is 2.93. The first-order chi connectivity index (χ1) is 11.6. The zero-order valence-corrected chi connectivity index (χ0v) is 15.4. The van der Waals surface area contributed by atoms with Crippen molar-refractivity contribution in [2.75, 3.05) is 0 Å². The van der Waals surface area contributed by atoms with Crippen LogP contribution in [0.4, 0.5) is 5.69 Å². The van der Waals surface area contributed by atoms with Crippen LogP contribution < -0.4 is 0 Å². The summed E-state index contributed by atoms with van der Waals surface area (Å²) >= 11 is 5.43. The third-order valence-corrected chi connectivity index (χ3v) is 4.05. The first-order valence-corrected chi connectivity index (χ1v) is 8.25. The van der Waals surface area contributed by atoms with Crippen molar-refractivity contribution in [3.8, 4) is 0 Å². The van der Waals surface area contributed by atoms with Gasteiger partial charge in [0.15, 0.2) is 0 Å². The summed E-state index contributed by atoms with van der Waals surface area (Å²) in [5, 5.41) is 18.9. The van der Waals surface area contributed by atoms with Gasteiger partial charge in [0.1, 0.15) is 21.6 Å². The van der Waals surface area contributed by atoms with Gasteiger partial charge in [-0.3, -0.25) is 14.9 Å². The second kappa shape index (κ2) is 7.22. The number of esters is 1. The second-order valence-electron chi connectivity index (χ2n) is 6.80. The molecule has 0 saturated carbocycles. The van der Waals surface area contributed by atoms with Crippen molar-refractivity contribution < 1.29 is 14.5 Å². The van der Waals surface area contributed by atoms with Crippen LogP contribution in [0.5, 0.6) is 0 Å². The molecule has 2 rings (SSSR count). The molecule has 0 aliphatic rings. The number of nitro groups is 1. The van der Waals surface area contributed by atoms with Crippen LogP contribution in [-0.2, 0) is 9.53 Å². The molecule has 0 spiro atoms. The van der Waals surface area contributed by atoms with E-state index < -0.39 is 10.5 Å². The third-order valence-electron chi connectivity index (χ3n) is 3.47. The molecular formula is C16H20N4O4S. The topological polar surface area (TPSA) is 100 Å². The highest BCUT2D eigenvalue weighted by Crippen LogP contribution is 2.21. The standard InChI is InChI=1S/C16H20N4O4S/c1-10(5-8-14(21)24-16(2,3)4)15(25)19-13-9-11(20(22)23)6-7-12(13)17-18-19/h6-7,9-10H,5,8H2,1-4H3/t10-/m0/s1. The Hall–Kier alpha value is -2.42. The lowest BCUT2D eigenvalue weighted by atomic mass is 10.1. The fraction of sp³-hybridized carbons (Fsp3) is 0.500. The quantitative estimate of drug-likeness (QED) is 0.347. The molecule has 0 radical (unpaired) electrons. The van der Waals surface area contributed by atoms with Gasteiger partial charge in [0.25, 0.3) is 5.69 Å². The van der Waals surface area contributed by atoms with Crippen LogP contribution in [0.1, 0.15) is 40.5 Å². The Morgan fingerprint density at radius 2 is 2.12 bits per heavy atom. The maximum absolute atomic E-state index is 11.8. The van der Waals surface area contributed by atoms with Gasteiger partial charge in [-0.25, -0.2) is 4.68 Å². The summed E-state index contributed by atoms with van der Waals surface area (Å²) in [6.07, 6.45) is 0.718. The Labute approximate surface area is 150 Å².